The maximum absolute atomic E-state index is 13.1. The second-order valence-corrected chi connectivity index (χ2v) is 20.7. The lowest BCUT2D eigenvalue weighted by atomic mass is 9.33. The molecule has 0 aromatic heterocycles. The zero-order chi connectivity index (χ0) is 40.3. The predicted octanol–water partition coefficient (Wildman–Crippen LogP) is 2.88. The molecule has 0 spiro atoms. The first-order chi connectivity index (χ1) is 25.6. The van der Waals surface area contributed by atoms with Crippen LogP contribution in [0, 0.1) is 50.2 Å². The number of carboxylic acids is 1. The van der Waals surface area contributed by atoms with E-state index in [0.29, 0.717) is 18.8 Å². The Morgan fingerprint density at radius 2 is 1.35 bits per heavy atom. The third-order valence-corrected chi connectivity index (χ3v) is 17.3. The lowest BCUT2D eigenvalue weighted by Crippen LogP contribution is -2.67. The molecule has 314 valence electrons. The third-order valence-electron chi connectivity index (χ3n) is 17.3. The lowest BCUT2D eigenvalue weighted by Gasteiger charge is -2.71. The van der Waals surface area contributed by atoms with E-state index in [-0.39, 0.29) is 39.6 Å². The maximum Gasteiger partial charge on any atom is 0.310 e. The summed E-state index contributed by atoms with van der Waals surface area (Å²) in [5, 5.41) is 84.1. The van der Waals surface area contributed by atoms with Gasteiger partial charge < -0.3 is 59.8 Å². The molecule has 55 heavy (non-hydrogen) atoms. The number of aliphatic hydroxyl groups is 7. The van der Waals surface area contributed by atoms with Gasteiger partial charge in [-0.15, -0.1) is 0 Å². The first-order valence-electron chi connectivity index (χ1n) is 20.8. The van der Waals surface area contributed by atoms with Crippen LogP contribution >= 0.6 is 0 Å². The van der Waals surface area contributed by atoms with Gasteiger partial charge in [-0.3, -0.25) is 4.79 Å². The topological polar surface area (TPSA) is 216 Å². The molecule has 7 aliphatic rings. The summed E-state index contributed by atoms with van der Waals surface area (Å²) in [4.78, 5) is 13.1. The molecule has 5 aliphatic carbocycles. The fourth-order valence-corrected chi connectivity index (χ4v) is 13.7. The Hall–Kier alpha value is -1.23. The summed E-state index contributed by atoms with van der Waals surface area (Å²) in [7, 11) is 0. The number of hydrogen-bond donors (Lipinski definition) is 8. The molecule has 0 bridgehead atoms. The first kappa shape index (κ1) is 41.9. The number of carbonyl (C=O) groups is 1. The second kappa shape index (κ2) is 14.2. The minimum absolute atomic E-state index is 0.0240. The van der Waals surface area contributed by atoms with Gasteiger partial charge >= 0.3 is 5.97 Å². The summed E-state index contributed by atoms with van der Waals surface area (Å²) in [6.45, 7) is 15.1. The zero-order valence-corrected chi connectivity index (χ0v) is 33.8. The summed E-state index contributed by atoms with van der Waals surface area (Å²) in [6.07, 6.45) is -4.41. The van der Waals surface area contributed by atoms with Crippen LogP contribution in [0.5, 0.6) is 0 Å². The molecule has 13 heteroatoms. The highest BCUT2D eigenvalue weighted by molar-refractivity contribution is 5.76. The van der Waals surface area contributed by atoms with Crippen LogP contribution in [0.2, 0.25) is 0 Å². The molecule has 2 saturated heterocycles. The Labute approximate surface area is 325 Å². The number of allylic oxidation sites excluding steroid dienone is 2. The molecule has 18 atom stereocenters. The molecule has 6 fully saturated rings. The van der Waals surface area contributed by atoms with Gasteiger partial charge in [0.2, 0.25) is 0 Å². The maximum atomic E-state index is 13.1. The van der Waals surface area contributed by atoms with Gasteiger partial charge in [-0.2, -0.15) is 0 Å². The quantitative estimate of drug-likeness (QED) is 0.138. The van der Waals surface area contributed by atoms with Gasteiger partial charge in [0.15, 0.2) is 12.6 Å². The highest BCUT2D eigenvalue weighted by atomic mass is 16.8. The molecule has 8 N–H and O–H groups in total. The van der Waals surface area contributed by atoms with E-state index in [0.717, 1.165) is 51.4 Å². The number of hydrogen-bond acceptors (Lipinski definition) is 12. The number of fused-ring (bicyclic) bond motifs is 7. The van der Waals surface area contributed by atoms with Crippen molar-refractivity contribution in [2.75, 3.05) is 13.2 Å². The second-order valence-electron chi connectivity index (χ2n) is 20.7. The average Bonchev–Trinajstić information content (AvgIpc) is 3.12. The van der Waals surface area contributed by atoms with Crippen molar-refractivity contribution in [1.82, 2.24) is 0 Å². The SMILES string of the molecule is CC1(C)CC[C@]2(C(=O)O)CC[C@]3(C)C(=CC[C@@H]4[C@@]5(C)CC[C@H](O[C@H]6O[C@@H](CO)[C@H](O)[C@@H](O)[C@@H]6O[C@@H]6O[C@H](CO)[C@@H](O)[C@H](O)[C@H]6O)C(C)(C)[C@@H]5CC[C@]43C)[C@@H]2C1. The molecule has 0 radical (unpaired) electrons. The number of carboxylic acid groups (broad SMARTS) is 1. The van der Waals surface area contributed by atoms with Crippen molar-refractivity contribution in [3.8, 4) is 0 Å². The van der Waals surface area contributed by atoms with Crippen molar-refractivity contribution < 1.29 is 64.6 Å². The summed E-state index contributed by atoms with van der Waals surface area (Å²) < 4.78 is 24.4. The van der Waals surface area contributed by atoms with E-state index in [1.54, 1.807) is 0 Å². The van der Waals surface area contributed by atoms with Crippen molar-refractivity contribution in [2.24, 2.45) is 50.2 Å². The smallest absolute Gasteiger partial charge is 0.310 e. The molecule has 7 rings (SSSR count). The van der Waals surface area contributed by atoms with Crippen molar-refractivity contribution in [3.63, 3.8) is 0 Å². The van der Waals surface area contributed by atoms with Gasteiger partial charge in [0, 0.05) is 0 Å². The van der Waals surface area contributed by atoms with Crippen LogP contribution in [0.15, 0.2) is 11.6 Å². The third kappa shape index (κ3) is 6.23. The summed E-state index contributed by atoms with van der Waals surface area (Å²) in [5.41, 5.74) is 0.210. The Bertz CT molecular complexity index is 1480. The molecule has 4 saturated carbocycles. The number of rotatable bonds is 7. The van der Waals surface area contributed by atoms with Crippen molar-refractivity contribution >= 4 is 5.97 Å². The number of aliphatic carboxylic acids is 1. The van der Waals surface area contributed by atoms with E-state index >= 15 is 0 Å². The fraction of sp³-hybridized carbons (Fsp3) is 0.929. The summed E-state index contributed by atoms with van der Waals surface area (Å²) in [5.74, 6) is 0.0181. The van der Waals surface area contributed by atoms with E-state index in [9.17, 15) is 45.6 Å². The highest BCUT2D eigenvalue weighted by Crippen LogP contribution is 2.76. The zero-order valence-electron chi connectivity index (χ0n) is 33.8. The Kier molecular flexibility index (Phi) is 10.8. The molecule has 13 nitrogen and oxygen atoms in total. The normalized spacial score (nSPS) is 53.2. The monoisotopic (exact) mass is 780 g/mol. The average molecular weight is 781 g/mol. The lowest BCUT2D eigenvalue weighted by molar-refractivity contribution is -0.378. The molecule has 0 unspecified atom stereocenters. The van der Waals surface area contributed by atoms with Crippen LogP contribution in [0.1, 0.15) is 113 Å². The Balaban J connectivity index is 1.15. The van der Waals surface area contributed by atoms with Crippen molar-refractivity contribution in [2.45, 2.75) is 180 Å². The van der Waals surface area contributed by atoms with Crippen molar-refractivity contribution in [3.05, 3.63) is 11.6 Å². The predicted molar refractivity (Wildman–Crippen MR) is 198 cm³/mol. The van der Waals surface area contributed by atoms with Crippen LogP contribution < -0.4 is 0 Å². The van der Waals surface area contributed by atoms with Crippen LogP contribution in [0.25, 0.3) is 0 Å². The largest absolute Gasteiger partial charge is 0.481 e. The fourth-order valence-electron chi connectivity index (χ4n) is 13.7. The van der Waals surface area contributed by atoms with Crippen LogP contribution in [0.3, 0.4) is 0 Å². The molecule has 0 aromatic carbocycles. The standard InChI is InChI=1S/C42H68O13/c1-37(2)14-16-42(36(50)51)17-15-40(6)21(22(42)18-37)8-9-26-39(5)12-11-27(38(3,4)25(39)10-13-41(26,40)7)54-35-33(31(48)29(46)24(20-44)53-35)55-34-32(49)30(47)28(45)23(19-43)52-34/h8,22-35,43-49H,9-20H2,1-7H3,(H,50,51)/t22-,23+,24-,25-,26+,27-,28+,29-,30-,31+,32+,33-,34-,35+,39-,40+,41+,42-/m0/s1. The Morgan fingerprint density at radius 1 is 0.727 bits per heavy atom. The van der Waals surface area contributed by atoms with Crippen LogP contribution in [-0.2, 0) is 23.7 Å². The van der Waals surface area contributed by atoms with E-state index in [4.69, 9.17) is 18.9 Å². The molecule has 2 heterocycles. The minimum Gasteiger partial charge on any atom is -0.481 e. The van der Waals surface area contributed by atoms with E-state index in [1.165, 1.54) is 5.57 Å². The minimum atomic E-state index is -1.75. The van der Waals surface area contributed by atoms with Gasteiger partial charge in [0.05, 0.1) is 24.7 Å². The van der Waals surface area contributed by atoms with Gasteiger partial charge in [-0.05, 0) is 109 Å². The highest BCUT2D eigenvalue weighted by Gasteiger charge is 2.69. The number of ether oxygens (including phenoxy) is 4. The van der Waals surface area contributed by atoms with E-state index < -0.39 is 91.4 Å². The summed E-state index contributed by atoms with van der Waals surface area (Å²) in [6, 6.07) is 0. The van der Waals surface area contributed by atoms with Crippen LogP contribution in [-0.4, -0.2) is 128 Å². The van der Waals surface area contributed by atoms with Gasteiger partial charge in [0.25, 0.3) is 0 Å². The summed E-state index contributed by atoms with van der Waals surface area (Å²) >= 11 is 0. The van der Waals surface area contributed by atoms with Gasteiger partial charge in [-0.25, -0.2) is 0 Å². The van der Waals surface area contributed by atoms with Gasteiger partial charge in [-0.1, -0.05) is 60.1 Å². The molecular weight excluding hydrogens is 712 g/mol. The molecule has 2 aliphatic heterocycles. The van der Waals surface area contributed by atoms with E-state index in [2.05, 4.69) is 54.5 Å². The number of aliphatic hydroxyl groups excluding tert-OH is 7. The van der Waals surface area contributed by atoms with E-state index in [1.807, 2.05) is 0 Å². The molecule has 0 aromatic rings. The van der Waals surface area contributed by atoms with Crippen molar-refractivity contribution in [1.29, 1.82) is 0 Å². The molecule has 0 amide bonds. The Morgan fingerprint density at radius 3 is 1.98 bits per heavy atom. The van der Waals surface area contributed by atoms with Gasteiger partial charge in [0.1, 0.15) is 48.8 Å². The molecular formula is C42H68O13. The first-order valence-corrected chi connectivity index (χ1v) is 20.8. The van der Waals surface area contributed by atoms with Crippen LogP contribution in [0.4, 0.5) is 0 Å².